The van der Waals surface area contributed by atoms with E-state index in [9.17, 15) is 4.39 Å². The Balaban J connectivity index is 0.000000921. The van der Waals surface area contributed by atoms with Gasteiger partial charge in [0.05, 0.1) is 5.56 Å². The molecule has 0 saturated heterocycles. The normalized spacial score (nSPS) is 8.81. The highest BCUT2D eigenvalue weighted by molar-refractivity contribution is 5.95. The van der Waals surface area contributed by atoms with Gasteiger partial charge in [-0.15, -0.1) is 0 Å². The number of rotatable bonds is 2. The van der Waals surface area contributed by atoms with Crippen molar-refractivity contribution in [2.24, 2.45) is 0 Å². The van der Waals surface area contributed by atoms with Crippen LogP contribution in [0.3, 0.4) is 0 Å². The van der Waals surface area contributed by atoms with Crippen LogP contribution in [0.4, 0.5) is 10.1 Å². The lowest BCUT2D eigenvalue weighted by molar-refractivity contribution is 0.193. The van der Waals surface area contributed by atoms with E-state index in [1.54, 1.807) is 24.3 Å². The fraction of sp³-hybridized carbons (Fsp3) is 0.353. The number of halogens is 1. The molecule has 0 aliphatic carbocycles. The van der Waals surface area contributed by atoms with Crippen molar-refractivity contribution in [2.45, 2.75) is 34.6 Å². The van der Waals surface area contributed by atoms with Crippen molar-refractivity contribution in [1.82, 2.24) is 0 Å². The van der Waals surface area contributed by atoms with Crippen molar-refractivity contribution in [3.8, 4) is 11.8 Å². The van der Waals surface area contributed by atoms with Gasteiger partial charge in [0.2, 0.25) is 6.86 Å². The third kappa shape index (κ3) is 4.35. The van der Waals surface area contributed by atoms with Gasteiger partial charge in [0.1, 0.15) is 11.8 Å². The number of hydrogen-bond acceptors (Lipinski definition) is 3. The lowest BCUT2D eigenvalue weighted by atomic mass is 10.0. The Bertz CT molecular complexity index is 618. The van der Waals surface area contributed by atoms with E-state index in [0.29, 0.717) is 11.3 Å². The molecule has 0 bridgehead atoms. The Morgan fingerprint density at radius 3 is 2.33 bits per heavy atom. The van der Waals surface area contributed by atoms with Crippen LogP contribution in [0.2, 0.25) is 0 Å². The first-order chi connectivity index (χ1) is 10.2. The molecule has 0 spiro atoms. The molecule has 2 aromatic carbocycles. The summed E-state index contributed by atoms with van der Waals surface area (Å²) >= 11 is 0. The fourth-order valence-corrected chi connectivity index (χ4v) is 1.96. The summed E-state index contributed by atoms with van der Waals surface area (Å²) in [4.78, 5) is 0. The maximum atomic E-state index is 12.4. The molecule has 0 fully saturated rings. The standard InChI is InChI=1S/C13H11FN2O.2C2H6/c1-8-4-11(16)5-9-2-3-10(6-15)13(12(8)9)17-7-14;2*1-2/h2-5H,7,16H2,1H3;2*1-2H3. The predicted octanol–water partition coefficient (Wildman–Crippen LogP) is 4.96. The molecule has 0 aromatic heterocycles. The molecule has 0 atom stereocenters. The zero-order valence-corrected chi connectivity index (χ0v) is 13.3. The van der Waals surface area contributed by atoms with E-state index in [1.807, 2.05) is 40.7 Å². The van der Waals surface area contributed by atoms with Crippen LogP contribution in [-0.4, -0.2) is 6.86 Å². The van der Waals surface area contributed by atoms with Gasteiger partial charge in [0.15, 0.2) is 0 Å². The Morgan fingerprint density at radius 1 is 1.19 bits per heavy atom. The molecule has 2 aromatic rings. The molecular weight excluding hydrogens is 267 g/mol. The lowest BCUT2D eigenvalue weighted by Crippen LogP contribution is -1.97. The van der Waals surface area contributed by atoms with E-state index in [0.717, 1.165) is 16.3 Å². The molecule has 2 rings (SSSR count). The van der Waals surface area contributed by atoms with Gasteiger partial charge < -0.3 is 10.5 Å². The molecule has 0 aliphatic rings. The predicted molar refractivity (Wildman–Crippen MR) is 87.1 cm³/mol. The average molecular weight is 290 g/mol. The number of hydrogen-bond donors (Lipinski definition) is 1. The molecule has 0 unspecified atom stereocenters. The van der Waals surface area contributed by atoms with E-state index in [1.165, 1.54) is 0 Å². The number of anilines is 1. The number of benzene rings is 2. The third-order valence-electron chi connectivity index (χ3n) is 2.61. The maximum Gasteiger partial charge on any atom is 0.228 e. The van der Waals surface area contributed by atoms with Crippen LogP contribution in [0.25, 0.3) is 10.8 Å². The molecule has 114 valence electrons. The number of nitrogen functional groups attached to an aromatic ring is 1. The highest BCUT2D eigenvalue weighted by Gasteiger charge is 2.11. The Labute approximate surface area is 126 Å². The summed E-state index contributed by atoms with van der Waals surface area (Å²) in [5.74, 6) is 0.282. The summed E-state index contributed by atoms with van der Waals surface area (Å²) < 4.78 is 17.3. The topological polar surface area (TPSA) is 59.0 Å². The van der Waals surface area contributed by atoms with Gasteiger partial charge in [-0.25, -0.2) is 4.39 Å². The van der Waals surface area contributed by atoms with Gasteiger partial charge in [0.25, 0.3) is 0 Å². The minimum absolute atomic E-state index is 0.282. The van der Waals surface area contributed by atoms with E-state index < -0.39 is 6.86 Å². The van der Waals surface area contributed by atoms with Crippen molar-refractivity contribution >= 4 is 16.5 Å². The molecule has 0 amide bonds. The van der Waals surface area contributed by atoms with Crippen molar-refractivity contribution in [3.05, 3.63) is 35.4 Å². The minimum Gasteiger partial charge on any atom is -0.461 e. The van der Waals surface area contributed by atoms with Gasteiger partial charge in [0, 0.05) is 11.1 Å². The van der Waals surface area contributed by atoms with Crippen LogP contribution in [0.1, 0.15) is 38.8 Å². The van der Waals surface area contributed by atoms with Gasteiger partial charge in [-0.2, -0.15) is 5.26 Å². The van der Waals surface area contributed by atoms with Gasteiger partial charge in [-0.05, 0) is 36.1 Å². The van der Waals surface area contributed by atoms with Gasteiger partial charge >= 0.3 is 0 Å². The summed E-state index contributed by atoms with van der Waals surface area (Å²) in [6, 6.07) is 8.92. The molecule has 21 heavy (non-hydrogen) atoms. The maximum absolute atomic E-state index is 12.4. The van der Waals surface area contributed by atoms with E-state index in [2.05, 4.69) is 0 Å². The van der Waals surface area contributed by atoms with Crippen molar-refractivity contribution in [3.63, 3.8) is 0 Å². The second-order valence-corrected chi connectivity index (χ2v) is 3.74. The van der Waals surface area contributed by atoms with Gasteiger partial charge in [-0.3, -0.25) is 0 Å². The summed E-state index contributed by atoms with van der Waals surface area (Å²) in [5, 5.41) is 10.5. The van der Waals surface area contributed by atoms with Crippen LogP contribution >= 0.6 is 0 Å². The number of nitriles is 1. The summed E-state index contributed by atoms with van der Waals surface area (Å²) in [6.07, 6.45) is 0. The number of nitrogens with two attached hydrogens (primary N) is 1. The zero-order chi connectivity index (χ0) is 16.4. The Morgan fingerprint density at radius 2 is 1.81 bits per heavy atom. The second kappa shape index (κ2) is 9.60. The molecule has 0 heterocycles. The zero-order valence-electron chi connectivity index (χ0n) is 13.3. The highest BCUT2D eigenvalue weighted by Crippen LogP contribution is 2.33. The molecule has 0 aliphatic heterocycles. The van der Waals surface area contributed by atoms with E-state index >= 15 is 0 Å². The van der Waals surface area contributed by atoms with Gasteiger partial charge in [-0.1, -0.05) is 33.8 Å². The average Bonchev–Trinajstić information content (AvgIpc) is 2.51. The van der Waals surface area contributed by atoms with Crippen LogP contribution in [-0.2, 0) is 0 Å². The first-order valence-electron chi connectivity index (χ1n) is 7.09. The largest absolute Gasteiger partial charge is 0.461 e. The molecule has 0 saturated carbocycles. The van der Waals surface area contributed by atoms with Crippen LogP contribution in [0.15, 0.2) is 24.3 Å². The monoisotopic (exact) mass is 290 g/mol. The van der Waals surface area contributed by atoms with Crippen molar-refractivity contribution in [1.29, 1.82) is 5.26 Å². The van der Waals surface area contributed by atoms with Crippen molar-refractivity contribution in [2.75, 3.05) is 12.6 Å². The SMILES string of the molecule is CC.CC.Cc1cc(N)cc2ccc(C#N)c(OCF)c12. The first-order valence-corrected chi connectivity index (χ1v) is 7.09. The summed E-state index contributed by atoms with van der Waals surface area (Å²) in [6.45, 7) is 8.89. The van der Waals surface area contributed by atoms with Crippen LogP contribution in [0.5, 0.6) is 5.75 Å². The molecule has 2 N–H and O–H groups in total. The fourth-order valence-electron chi connectivity index (χ4n) is 1.96. The van der Waals surface area contributed by atoms with E-state index in [4.69, 9.17) is 15.7 Å². The third-order valence-corrected chi connectivity index (χ3v) is 2.61. The quantitative estimate of drug-likeness (QED) is 0.795. The molecule has 3 nitrogen and oxygen atoms in total. The minimum atomic E-state index is -0.961. The van der Waals surface area contributed by atoms with Crippen LogP contribution < -0.4 is 10.5 Å². The Hall–Kier alpha value is -2.28. The first kappa shape index (κ1) is 18.7. The second-order valence-electron chi connectivity index (χ2n) is 3.74. The number of nitrogens with zero attached hydrogens (tertiary/aromatic N) is 1. The lowest BCUT2D eigenvalue weighted by Gasteiger charge is -2.11. The summed E-state index contributed by atoms with van der Waals surface area (Å²) in [7, 11) is 0. The molecular formula is C17H23FN2O. The van der Waals surface area contributed by atoms with E-state index in [-0.39, 0.29) is 5.75 Å². The van der Waals surface area contributed by atoms with Crippen LogP contribution in [0, 0.1) is 18.3 Å². The Kier molecular flexibility index (Phi) is 8.55. The number of aryl methyl sites for hydroxylation is 1. The smallest absolute Gasteiger partial charge is 0.228 e. The highest BCUT2D eigenvalue weighted by atomic mass is 19.1. The molecule has 0 radical (unpaired) electrons. The molecule has 4 heteroatoms. The number of alkyl halides is 1. The number of ether oxygens (including phenoxy) is 1. The summed E-state index contributed by atoms with van der Waals surface area (Å²) in [5.41, 5.74) is 7.55. The van der Waals surface area contributed by atoms with Crippen molar-refractivity contribution < 1.29 is 9.13 Å². The number of fused-ring (bicyclic) bond motifs is 1.